The number of likely N-dealkylation sites (tertiary alicyclic amines) is 1. The van der Waals surface area contributed by atoms with Crippen molar-refractivity contribution in [2.24, 2.45) is 5.73 Å². The topological polar surface area (TPSA) is 102 Å². The van der Waals surface area contributed by atoms with Crippen LogP contribution in [0.25, 0.3) is 10.8 Å². The van der Waals surface area contributed by atoms with E-state index >= 15 is 0 Å². The molecule has 0 saturated carbocycles. The molecule has 0 spiro atoms. The van der Waals surface area contributed by atoms with Crippen molar-refractivity contribution in [1.82, 2.24) is 9.88 Å². The van der Waals surface area contributed by atoms with Crippen molar-refractivity contribution >= 4 is 28.3 Å². The summed E-state index contributed by atoms with van der Waals surface area (Å²) in [6.45, 7) is 0.514. The van der Waals surface area contributed by atoms with Crippen LogP contribution in [0.2, 0.25) is 0 Å². The molecule has 1 amide bonds. The van der Waals surface area contributed by atoms with Crippen molar-refractivity contribution in [2.45, 2.75) is 50.1 Å². The standard InChI is InChI=1S/C32H34N4O2/c33-28(15-12-22-7-3-1-4-8-22)32(38)36-21-26(24-9-5-2-6-10-24)20-29(36)30(37)16-13-23-11-14-27-25(19-23)17-18-35-31(27)34/h1-11,14,17-19,26,28-29H,12-13,15-16,20-21,33H2,(H2,34,35)/t26-,28-,29+/m1/s1. The van der Waals surface area contributed by atoms with Crippen LogP contribution in [0.1, 0.15) is 41.9 Å². The zero-order valence-electron chi connectivity index (χ0n) is 21.5. The molecular weight excluding hydrogens is 472 g/mol. The third-order valence-electron chi connectivity index (χ3n) is 7.65. The van der Waals surface area contributed by atoms with Gasteiger partial charge in [0.05, 0.1) is 12.1 Å². The molecule has 4 aromatic rings. The fourth-order valence-electron chi connectivity index (χ4n) is 5.50. The van der Waals surface area contributed by atoms with Gasteiger partial charge in [-0.3, -0.25) is 9.59 Å². The maximum Gasteiger partial charge on any atom is 0.240 e. The second kappa shape index (κ2) is 11.6. The molecule has 5 rings (SSSR count). The van der Waals surface area contributed by atoms with Gasteiger partial charge in [0.25, 0.3) is 0 Å². The minimum Gasteiger partial charge on any atom is -0.383 e. The van der Waals surface area contributed by atoms with Crippen molar-refractivity contribution < 1.29 is 9.59 Å². The minimum atomic E-state index is -0.639. The van der Waals surface area contributed by atoms with Crippen LogP contribution in [-0.4, -0.2) is 40.2 Å². The Bertz CT molecular complexity index is 1410. The molecule has 6 heteroatoms. The Morgan fingerprint density at radius 3 is 2.42 bits per heavy atom. The summed E-state index contributed by atoms with van der Waals surface area (Å²) in [6, 6.07) is 27.0. The first-order valence-electron chi connectivity index (χ1n) is 13.3. The van der Waals surface area contributed by atoms with Crippen molar-refractivity contribution in [3.63, 3.8) is 0 Å². The number of rotatable bonds is 9. The summed E-state index contributed by atoms with van der Waals surface area (Å²) in [6.07, 6.45) is 4.56. The van der Waals surface area contributed by atoms with E-state index in [9.17, 15) is 9.59 Å². The second-order valence-corrected chi connectivity index (χ2v) is 10.2. The molecule has 2 heterocycles. The zero-order chi connectivity index (χ0) is 26.5. The van der Waals surface area contributed by atoms with Gasteiger partial charge in [-0.15, -0.1) is 0 Å². The van der Waals surface area contributed by atoms with Crippen LogP contribution >= 0.6 is 0 Å². The fourth-order valence-corrected chi connectivity index (χ4v) is 5.50. The van der Waals surface area contributed by atoms with Crippen LogP contribution in [0.4, 0.5) is 5.82 Å². The van der Waals surface area contributed by atoms with Crippen LogP contribution in [0, 0.1) is 0 Å². The number of ketones is 1. The van der Waals surface area contributed by atoms with E-state index in [1.54, 1.807) is 11.1 Å². The Kier molecular flexibility index (Phi) is 7.80. The molecule has 38 heavy (non-hydrogen) atoms. The lowest BCUT2D eigenvalue weighted by Gasteiger charge is -2.27. The molecule has 3 aromatic carbocycles. The number of aryl methyl sites for hydroxylation is 2. The third kappa shape index (κ3) is 5.76. The van der Waals surface area contributed by atoms with Crippen LogP contribution in [0.5, 0.6) is 0 Å². The molecule has 1 fully saturated rings. The number of anilines is 1. The lowest BCUT2D eigenvalue weighted by molar-refractivity contribution is -0.138. The Balaban J connectivity index is 1.29. The van der Waals surface area contributed by atoms with Gasteiger partial charge >= 0.3 is 0 Å². The van der Waals surface area contributed by atoms with E-state index in [1.807, 2.05) is 66.7 Å². The highest BCUT2D eigenvalue weighted by Gasteiger charge is 2.40. The Morgan fingerprint density at radius 1 is 0.921 bits per heavy atom. The number of pyridine rings is 1. The second-order valence-electron chi connectivity index (χ2n) is 10.2. The van der Waals surface area contributed by atoms with Crippen molar-refractivity contribution in [1.29, 1.82) is 0 Å². The Morgan fingerprint density at radius 2 is 1.66 bits per heavy atom. The molecule has 1 aliphatic heterocycles. The summed E-state index contributed by atoms with van der Waals surface area (Å²) in [4.78, 5) is 33.0. The number of Topliss-reactive ketones (excluding diaryl/α,β-unsaturated/α-hetero) is 1. The van der Waals surface area contributed by atoms with Gasteiger partial charge in [0.15, 0.2) is 5.78 Å². The number of hydrogen-bond donors (Lipinski definition) is 2. The van der Waals surface area contributed by atoms with E-state index in [1.165, 1.54) is 0 Å². The number of hydrogen-bond acceptors (Lipinski definition) is 5. The number of carbonyl (C=O) groups excluding carboxylic acids is 2. The van der Waals surface area contributed by atoms with Gasteiger partial charge in [-0.05, 0) is 53.8 Å². The normalized spacial score (nSPS) is 18.0. The predicted octanol–water partition coefficient (Wildman–Crippen LogP) is 4.66. The molecule has 1 aromatic heterocycles. The largest absolute Gasteiger partial charge is 0.383 e. The Labute approximate surface area is 223 Å². The highest BCUT2D eigenvalue weighted by molar-refractivity contribution is 5.93. The molecule has 0 aliphatic carbocycles. The molecule has 1 aliphatic rings. The van der Waals surface area contributed by atoms with E-state index in [4.69, 9.17) is 11.5 Å². The molecule has 4 N–H and O–H groups in total. The fraction of sp³-hybridized carbons (Fsp3) is 0.281. The number of nitrogens with two attached hydrogens (primary N) is 2. The van der Waals surface area contributed by atoms with Crippen molar-refractivity contribution in [3.05, 3.63) is 108 Å². The molecular formula is C32H34N4O2. The van der Waals surface area contributed by atoms with E-state index in [0.29, 0.717) is 38.0 Å². The van der Waals surface area contributed by atoms with Crippen LogP contribution in [0.15, 0.2) is 91.1 Å². The van der Waals surface area contributed by atoms with Gasteiger partial charge in [-0.2, -0.15) is 0 Å². The van der Waals surface area contributed by atoms with Crippen LogP contribution in [0.3, 0.4) is 0 Å². The third-order valence-corrected chi connectivity index (χ3v) is 7.65. The van der Waals surface area contributed by atoms with Gasteiger partial charge in [-0.1, -0.05) is 78.9 Å². The predicted molar refractivity (Wildman–Crippen MR) is 152 cm³/mol. The number of nitrogen functional groups attached to an aromatic ring is 1. The molecule has 0 bridgehead atoms. The van der Waals surface area contributed by atoms with Crippen LogP contribution in [-0.2, 0) is 22.4 Å². The van der Waals surface area contributed by atoms with E-state index in [0.717, 1.165) is 33.9 Å². The van der Waals surface area contributed by atoms with Crippen molar-refractivity contribution in [2.75, 3.05) is 12.3 Å². The quantitative estimate of drug-likeness (QED) is 0.344. The summed E-state index contributed by atoms with van der Waals surface area (Å²) >= 11 is 0. The summed E-state index contributed by atoms with van der Waals surface area (Å²) in [5.74, 6) is 0.570. The molecule has 194 valence electrons. The number of amides is 1. The summed E-state index contributed by atoms with van der Waals surface area (Å²) in [7, 11) is 0. The average Bonchev–Trinajstić information content (AvgIpc) is 3.41. The van der Waals surface area contributed by atoms with E-state index < -0.39 is 12.1 Å². The first-order valence-corrected chi connectivity index (χ1v) is 13.3. The molecule has 3 atom stereocenters. The van der Waals surface area contributed by atoms with Gasteiger partial charge in [0.1, 0.15) is 5.82 Å². The summed E-state index contributed by atoms with van der Waals surface area (Å²) in [5.41, 5.74) is 15.8. The monoisotopic (exact) mass is 506 g/mol. The summed E-state index contributed by atoms with van der Waals surface area (Å²) < 4.78 is 0. The molecule has 1 saturated heterocycles. The molecule has 0 unspecified atom stereocenters. The highest BCUT2D eigenvalue weighted by Crippen LogP contribution is 2.33. The van der Waals surface area contributed by atoms with Gasteiger partial charge in [0, 0.05) is 30.5 Å². The zero-order valence-corrected chi connectivity index (χ0v) is 21.5. The lowest BCUT2D eigenvalue weighted by atomic mass is 9.93. The minimum absolute atomic E-state index is 0.0846. The maximum atomic E-state index is 13.6. The molecule has 6 nitrogen and oxygen atoms in total. The first kappa shape index (κ1) is 25.6. The van der Waals surface area contributed by atoms with Gasteiger partial charge < -0.3 is 16.4 Å². The van der Waals surface area contributed by atoms with Crippen LogP contribution < -0.4 is 11.5 Å². The number of benzene rings is 3. The SMILES string of the molecule is Nc1nccc2cc(CCC(=O)[C@@H]3C[C@@H](c4ccccc4)CN3C(=O)[C@H](N)CCc3ccccc3)ccc12. The van der Waals surface area contributed by atoms with Crippen molar-refractivity contribution in [3.8, 4) is 0 Å². The first-order chi connectivity index (χ1) is 18.5. The number of aromatic nitrogens is 1. The average molecular weight is 507 g/mol. The smallest absolute Gasteiger partial charge is 0.240 e. The Hall–Kier alpha value is -4.03. The van der Waals surface area contributed by atoms with Gasteiger partial charge in [0.2, 0.25) is 5.91 Å². The highest BCUT2D eigenvalue weighted by atomic mass is 16.2. The number of nitrogens with zero attached hydrogens (tertiary/aromatic N) is 2. The number of carbonyl (C=O) groups is 2. The lowest BCUT2D eigenvalue weighted by Crippen LogP contribution is -2.48. The van der Waals surface area contributed by atoms with E-state index in [2.05, 4.69) is 23.2 Å². The maximum absolute atomic E-state index is 13.6. The number of fused-ring (bicyclic) bond motifs is 1. The van der Waals surface area contributed by atoms with Gasteiger partial charge in [-0.25, -0.2) is 4.98 Å². The van der Waals surface area contributed by atoms with E-state index in [-0.39, 0.29) is 17.6 Å². The molecule has 0 radical (unpaired) electrons. The summed E-state index contributed by atoms with van der Waals surface area (Å²) in [5, 5.41) is 1.92.